The maximum absolute atomic E-state index is 12.6. The Morgan fingerprint density at radius 3 is 2.80 bits per heavy atom. The Hall–Kier alpha value is -1.06. The average molecular weight is 150 g/mol. The van der Waals surface area contributed by atoms with Gasteiger partial charge in [0.25, 0.3) is 6.43 Å². The summed E-state index contributed by atoms with van der Waals surface area (Å²) >= 11 is 0. The number of pyridine rings is 1. The molecule has 0 fully saturated rings. The molecule has 10 heavy (non-hydrogen) atoms. The Kier molecular flexibility index (Phi) is 1.06. The van der Waals surface area contributed by atoms with E-state index in [1.165, 1.54) is 0 Å². The van der Waals surface area contributed by atoms with Gasteiger partial charge < -0.3 is 0 Å². The van der Waals surface area contributed by atoms with Crippen LogP contribution in [0.15, 0.2) is 18.3 Å². The van der Waals surface area contributed by atoms with Gasteiger partial charge in [-0.05, 0) is 12.1 Å². The molecule has 0 radical (unpaired) electrons. The van der Waals surface area contributed by atoms with E-state index in [1.54, 1.807) is 0 Å². The van der Waals surface area contributed by atoms with Crippen molar-refractivity contribution in [3.63, 3.8) is 0 Å². The van der Waals surface area contributed by atoms with Crippen molar-refractivity contribution in [3.05, 3.63) is 29.8 Å². The van der Waals surface area contributed by atoms with E-state index in [0.29, 0.717) is 0 Å². The Morgan fingerprint density at radius 2 is 2.20 bits per heavy atom. The largest absolute Gasteiger partial charge is 0.280 e. The van der Waals surface area contributed by atoms with Crippen molar-refractivity contribution in [1.29, 1.82) is 0 Å². The molecular weight excluding hydrogens is 143 g/mol. The lowest BCUT2D eigenvalue weighted by atomic mass is 10.4. The molecule has 0 N–H and O–H groups in total. The van der Waals surface area contributed by atoms with E-state index in [9.17, 15) is 13.2 Å². The lowest BCUT2D eigenvalue weighted by Crippen LogP contribution is -1.88. The smallest absolute Gasteiger partial charge is 0.252 e. The first kappa shape index (κ1) is 3.95. The van der Waals surface area contributed by atoms with Crippen LogP contribution in [-0.4, -0.2) is 4.98 Å². The van der Waals surface area contributed by atoms with Crippen LogP contribution in [0.4, 0.5) is 13.2 Å². The molecule has 0 saturated carbocycles. The van der Waals surface area contributed by atoms with Crippen LogP contribution in [0.5, 0.6) is 0 Å². The van der Waals surface area contributed by atoms with Crippen LogP contribution in [0.3, 0.4) is 0 Å². The van der Waals surface area contributed by atoms with Crippen LogP contribution in [-0.2, 0) is 0 Å². The van der Waals surface area contributed by atoms with Gasteiger partial charge in [-0.1, -0.05) is 0 Å². The normalized spacial score (nSPS) is 14.6. The van der Waals surface area contributed by atoms with Crippen molar-refractivity contribution in [1.82, 2.24) is 4.98 Å². The minimum Gasteiger partial charge on any atom is -0.252 e. The lowest BCUT2D eigenvalue weighted by Gasteiger charge is -1.95. The van der Waals surface area contributed by atoms with E-state index < -0.39 is 36.2 Å². The van der Waals surface area contributed by atoms with Gasteiger partial charge in [0.1, 0.15) is 11.5 Å². The molecular formula is C6H4F3N. The summed E-state index contributed by atoms with van der Waals surface area (Å²) in [5.74, 6) is -1.35. The number of halogens is 3. The molecule has 0 atom stereocenters. The summed E-state index contributed by atoms with van der Waals surface area (Å²) in [6, 6.07) is -1.99. The molecule has 0 bridgehead atoms. The lowest BCUT2D eigenvalue weighted by molar-refractivity contribution is 0.146. The van der Waals surface area contributed by atoms with E-state index >= 15 is 0 Å². The quantitative estimate of drug-likeness (QED) is 0.597. The summed E-state index contributed by atoms with van der Waals surface area (Å²) in [5, 5.41) is 0. The van der Waals surface area contributed by atoms with Crippen LogP contribution in [0, 0.1) is 5.82 Å². The molecule has 1 aromatic rings. The van der Waals surface area contributed by atoms with Crippen molar-refractivity contribution in [3.8, 4) is 0 Å². The highest BCUT2D eigenvalue weighted by Gasteiger charge is 2.06. The Balaban J connectivity index is 3.41. The Labute approximate surface area is 59.7 Å². The molecule has 0 saturated heterocycles. The van der Waals surface area contributed by atoms with Gasteiger partial charge in [-0.3, -0.25) is 4.98 Å². The van der Waals surface area contributed by atoms with Crippen molar-refractivity contribution in [2.45, 2.75) is 6.43 Å². The van der Waals surface area contributed by atoms with Crippen molar-refractivity contribution < 1.29 is 17.3 Å². The van der Waals surface area contributed by atoms with Crippen LogP contribution in [0.1, 0.15) is 16.2 Å². The first-order valence-corrected chi connectivity index (χ1v) is 2.36. The zero-order valence-electron chi connectivity index (χ0n) is 7.66. The second-order valence-corrected chi connectivity index (χ2v) is 1.47. The fourth-order valence-electron chi connectivity index (χ4n) is 0.387. The van der Waals surface area contributed by atoms with Crippen molar-refractivity contribution in [2.75, 3.05) is 0 Å². The van der Waals surface area contributed by atoms with E-state index in [-0.39, 0.29) is 0 Å². The minimum absolute atomic E-state index is 0.969. The fraction of sp³-hybridized carbons (Fsp3) is 0.167. The molecule has 0 aromatic carbocycles. The van der Waals surface area contributed by atoms with Gasteiger partial charge in [0, 0.05) is 0 Å². The molecule has 0 aliphatic rings. The predicted molar refractivity (Wildman–Crippen MR) is 29.2 cm³/mol. The molecule has 54 valence electrons. The molecule has 0 amide bonds. The molecule has 0 aliphatic heterocycles. The van der Waals surface area contributed by atoms with Gasteiger partial charge in [0.15, 0.2) is 0 Å². The van der Waals surface area contributed by atoms with Crippen LogP contribution in [0.2, 0.25) is 0 Å². The molecule has 1 nitrogen and oxygen atoms in total. The second-order valence-electron chi connectivity index (χ2n) is 1.47. The van der Waals surface area contributed by atoms with Gasteiger partial charge in [-0.15, -0.1) is 0 Å². The highest BCUT2D eigenvalue weighted by molar-refractivity contribution is 5.05. The fourth-order valence-corrected chi connectivity index (χ4v) is 0.387. The number of rotatable bonds is 1. The molecule has 4 heteroatoms. The molecule has 1 rings (SSSR count). The molecule has 0 spiro atoms. The van der Waals surface area contributed by atoms with E-state index in [1.807, 2.05) is 0 Å². The number of hydrogen-bond donors (Lipinski definition) is 0. The highest BCUT2D eigenvalue weighted by Crippen LogP contribution is 2.14. The van der Waals surface area contributed by atoms with E-state index in [2.05, 4.69) is 4.98 Å². The predicted octanol–water partition coefficient (Wildman–Crippen LogP) is 2.16. The van der Waals surface area contributed by atoms with Gasteiger partial charge in [-0.25, -0.2) is 13.2 Å². The third-order valence-corrected chi connectivity index (χ3v) is 0.782. The highest BCUT2D eigenvalue weighted by atomic mass is 19.3. The zero-order chi connectivity index (χ0) is 10.2. The Bertz CT molecular complexity index is 342. The average Bonchev–Trinajstić information content (AvgIpc) is 2.07. The second kappa shape index (κ2) is 2.68. The summed E-state index contributed by atoms with van der Waals surface area (Å²) in [5.41, 5.74) is -1.03. The van der Waals surface area contributed by atoms with E-state index in [0.717, 1.165) is 0 Å². The van der Waals surface area contributed by atoms with Gasteiger partial charge in [0.2, 0.25) is 0 Å². The van der Waals surface area contributed by atoms with Crippen LogP contribution >= 0.6 is 0 Å². The summed E-state index contributed by atoms with van der Waals surface area (Å²) in [4.78, 5) is 2.87. The van der Waals surface area contributed by atoms with E-state index in [4.69, 9.17) is 4.11 Å². The van der Waals surface area contributed by atoms with Gasteiger partial charge in [-0.2, -0.15) is 0 Å². The third-order valence-electron chi connectivity index (χ3n) is 0.782. The molecule has 0 aliphatic carbocycles. The molecule has 1 heterocycles. The van der Waals surface area contributed by atoms with Gasteiger partial charge >= 0.3 is 0 Å². The monoisotopic (exact) mass is 150 g/mol. The number of hydrogen-bond acceptors (Lipinski definition) is 1. The Morgan fingerprint density at radius 1 is 1.50 bits per heavy atom. The summed E-state index contributed by atoms with van der Waals surface area (Å²) < 4.78 is 57.3. The first-order chi connectivity index (χ1) is 5.95. The molecule has 1 aromatic heterocycles. The maximum Gasteiger partial charge on any atom is 0.280 e. The van der Waals surface area contributed by atoms with Gasteiger partial charge in [0.05, 0.1) is 10.3 Å². The maximum atomic E-state index is 12.6. The number of alkyl halides is 2. The summed E-state index contributed by atoms with van der Waals surface area (Å²) in [6.45, 7) is 0. The topological polar surface area (TPSA) is 12.9 Å². The minimum atomic E-state index is -3.07. The standard InChI is InChI=1S/C6H4F3N/c7-4-1-2-5(6(8)9)10-3-4/h1-3,6H/i1D,2D,3D. The summed E-state index contributed by atoms with van der Waals surface area (Å²) in [7, 11) is 0. The molecule has 0 unspecified atom stereocenters. The number of nitrogens with zero attached hydrogens (tertiary/aromatic N) is 1. The number of aromatic nitrogens is 1. The first-order valence-electron chi connectivity index (χ1n) is 3.86. The van der Waals surface area contributed by atoms with Crippen molar-refractivity contribution >= 4 is 0 Å². The third kappa shape index (κ3) is 1.46. The van der Waals surface area contributed by atoms with Crippen molar-refractivity contribution in [2.24, 2.45) is 0 Å². The zero-order valence-corrected chi connectivity index (χ0v) is 4.66. The van der Waals surface area contributed by atoms with Crippen LogP contribution < -0.4 is 0 Å². The summed E-state index contributed by atoms with van der Waals surface area (Å²) in [6.07, 6.45) is -4.10. The van der Waals surface area contributed by atoms with Crippen LogP contribution in [0.25, 0.3) is 0 Å². The SMILES string of the molecule is [2H]c1nc(C(F)F)c([2H])c([2H])c1F.